The van der Waals surface area contributed by atoms with Gasteiger partial charge in [-0.2, -0.15) is 0 Å². The van der Waals surface area contributed by atoms with Crippen LogP contribution in [0.1, 0.15) is 64.4 Å². The normalized spacial score (nSPS) is 17.3. The molecule has 5 heteroatoms. The molecule has 29 heavy (non-hydrogen) atoms. The number of hydrogen-bond donors (Lipinski definition) is 2. The Hall–Kier alpha value is -2.30. The maximum absolute atomic E-state index is 12.9. The topological polar surface area (TPSA) is 61.4 Å². The van der Waals surface area contributed by atoms with E-state index in [0.717, 1.165) is 49.3 Å². The van der Waals surface area contributed by atoms with E-state index >= 15 is 0 Å². The molecule has 0 spiro atoms. The van der Waals surface area contributed by atoms with Gasteiger partial charge in [0.2, 0.25) is 11.8 Å². The van der Waals surface area contributed by atoms with Gasteiger partial charge in [0.1, 0.15) is 5.41 Å². The number of aryl methyl sites for hydroxylation is 1. The molecule has 0 bridgehead atoms. The molecule has 0 aliphatic heterocycles. The van der Waals surface area contributed by atoms with Crippen molar-refractivity contribution < 1.29 is 9.59 Å². The Labute approximate surface area is 174 Å². The van der Waals surface area contributed by atoms with Gasteiger partial charge >= 0.3 is 0 Å². The molecule has 0 atom stereocenters. The van der Waals surface area contributed by atoms with E-state index in [4.69, 9.17) is 0 Å². The molecule has 1 aromatic carbocycles. The van der Waals surface area contributed by atoms with Crippen LogP contribution in [-0.2, 0) is 9.59 Å². The minimum absolute atomic E-state index is 0.121. The highest BCUT2D eigenvalue weighted by atomic mass is 16.2. The molecule has 2 aliphatic rings. The van der Waals surface area contributed by atoms with Crippen LogP contribution < -0.4 is 15.5 Å². The van der Waals surface area contributed by atoms with Crippen LogP contribution in [0, 0.1) is 12.3 Å². The standard InChI is InChI=1S/C24H35N3O2/c1-4-27(5-2)20-11-12-21(18(3)17-20)26-23(29)24(14-15-24)22(28)25-16-13-19-9-7-6-8-10-19/h9,11-12,17H,4-8,10,13-16H2,1-3H3,(H,25,28)(H,26,29). The van der Waals surface area contributed by atoms with Crippen LogP contribution in [0.15, 0.2) is 29.8 Å². The van der Waals surface area contributed by atoms with Crippen LogP contribution in [-0.4, -0.2) is 31.4 Å². The zero-order valence-electron chi connectivity index (χ0n) is 18.1. The van der Waals surface area contributed by atoms with Crippen molar-refractivity contribution in [3.8, 4) is 0 Å². The summed E-state index contributed by atoms with van der Waals surface area (Å²) in [5.74, 6) is -0.297. The molecule has 3 rings (SSSR count). The predicted octanol–water partition coefficient (Wildman–Crippen LogP) is 4.57. The Bertz CT molecular complexity index is 776. The second-order valence-electron chi connectivity index (χ2n) is 8.32. The molecule has 158 valence electrons. The van der Waals surface area contributed by atoms with Gasteiger partial charge in [-0.3, -0.25) is 9.59 Å². The largest absolute Gasteiger partial charge is 0.372 e. The highest BCUT2D eigenvalue weighted by molar-refractivity contribution is 6.13. The number of anilines is 2. The van der Waals surface area contributed by atoms with Crippen LogP contribution in [0.25, 0.3) is 0 Å². The van der Waals surface area contributed by atoms with Crippen molar-refractivity contribution in [2.24, 2.45) is 5.41 Å². The van der Waals surface area contributed by atoms with Gasteiger partial charge in [-0.05, 0) is 89.5 Å². The molecule has 1 saturated carbocycles. The van der Waals surface area contributed by atoms with E-state index in [1.807, 2.05) is 19.1 Å². The van der Waals surface area contributed by atoms with E-state index in [9.17, 15) is 9.59 Å². The highest BCUT2D eigenvalue weighted by Gasteiger charge is 2.56. The molecule has 2 aliphatic carbocycles. The maximum atomic E-state index is 12.9. The monoisotopic (exact) mass is 397 g/mol. The lowest BCUT2D eigenvalue weighted by Gasteiger charge is -2.23. The highest BCUT2D eigenvalue weighted by Crippen LogP contribution is 2.47. The van der Waals surface area contributed by atoms with Crippen LogP contribution in [0.5, 0.6) is 0 Å². The molecule has 2 amide bonds. The number of benzene rings is 1. The fourth-order valence-corrected chi connectivity index (χ4v) is 4.14. The minimum atomic E-state index is -0.884. The van der Waals surface area contributed by atoms with Crippen LogP contribution in [0.4, 0.5) is 11.4 Å². The molecule has 0 heterocycles. The summed E-state index contributed by atoms with van der Waals surface area (Å²) >= 11 is 0. The predicted molar refractivity (Wildman–Crippen MR) is 119 cm³/mol. The number of nitrogens with one attached hydrogen (secondary N) is 2. The Morgan fingerprint density at radius 3 is 2.45 bits per heavy atom. The summed E-state index contributed by atoms with van der Waals surface area (Å²) in [6.45, 7) is 8.78. The van der Waals surface area contributed by atoms with Crippen molar-refractivity contribution in [3.05, 3.63) is 35.4 Å². The molecule has 5 nitrogen and oxygen atoms in total. The average Bonchev–Trinajstić information content (AvgIpc) is 3.54. The number of rotatable bonds is 9. The molecule has 0 unspecified atom stereocenters. The number of amides is 2. The first-order valence-electron chi connectivity index (χ1n) is 11.1. The summed E-state index contributed by atoms with van der Waals surface area (Å²) in [5.41, 5.74) is 3.52. The Morgan fingerprint density at radius 2 is 1.86 bits per heavy atom. The van der Waals surface area contributed by atoms with Crippen LogP contribution in [0.3, 0.4) is 0 Å². The number of carbonyl (C=O) groups excluding carboxylic acids is 2. The van der Waals surface area contributed by atoms with Crippen molar-refractivity contribution in [2.75, 3.05) is 29.9 Å². The van der Waals surface area contributed by atoms with E-state index < -0.39 is 5.41 Å². The van der Waals surface area contributed by atoms with Gasteiger partial charge in [-0.15, -0.1) is 0 Å². The van der Waals surface area contributed by atoms with E-state index in [1.165, 1.54) is 18.4 Å². The molecule has 1 fully saturated rings. The number of allylic oxidation sites excluding steroid dienone is 1. The molecule has 2 N–H and O–H groups in total. The lowest BCUT2D eigenvalue weighted by Crippen LogP contribution is -2.40. The zero-order chi connectivity index (χ0) is 20.9. The van der Waals surface area contributed by atoms with Gasteiger partial charge in [-0.1, -0.05) is 11.6 Å². The van der Waals surface area contributed by atoms with E-state index in [2.05, 4.69) is 41.5 Å². The molecule has 0 radical (unpaired) electrons. The summed E-state index contributed by atoms with van der Waals surface area (Å²) in [5, 5.41) is 6.01. The maximum Gasteiger partial charge on any atom is 0.240 e. The Morgan fingerprint density at radius 1 is 1.10 bits per heavy atom. The van der Waals surface area contributed by atoms with E-state index in [0.29, 0.717) is 19.4 Å². The first kappa shape index (κ1) is 21.4. The average molecular weight is 398 g/mol. The number of nitrogens with zero attached hydrogens (tertiary/aromatic N) is 1. The Balaban J connectivity index is 1.56. The van der Waals surface area contributed by atoms with E-state index in [-0.39, 0.29) is 11.8 Å². The first-order chi connectivity index (χ1) is 14.0. The van der Waals surface area contributed by atoms with Crippen molar-refractivity contribution in [3.63, 3.8) is 0 Å². The van der Waals surface area contributed by atoms with Crippen LogP contribution >= 0.6 is 0 Å². The van der Waals surface area contributed by atoms with Crippen molar-refractivity contribution in [1.82, 2.24) is 5.32 Å². The fraction of sp³-hybridized carbons (Fsp3) is 0.583. The third kappa shape index (κ3) is 5.01. The van der Waals surface area contributed by atoms with Gasteiger partial charge in [0, 0.05) is 31.0 Å². The summed E-state index contributed by atoms with van der Waals surface area (Å²) in [6, 6.07) is 6.08. The number of hydrogen-bond acceptors (Lipinski definition) is 3. The van der Waals surface area contributed by atoms with Gasteiger partial charge in [0.05, 0.1) is 0 Å². The molecular weight excluding hydrogens is 362 g/mol. The summed E-state index contributed by atoms with van der Waals surface area (Å²) in [6.07, 6.45) is 9.28. The number of carbonyl (C=O) groups is 2. The molecule has 0 saturated heterocycles. The van der Waals surface area contributed by atoms with Crippen molar-refractivity contribution in [2.45, 2.75) is 65.7 Å². The fourth-order valence-electron chi connectivity index (χ4n) is 4.14. The van der Waals surface area contributed by atoms with Crippen LogP contribution in [0.2, 0.25) is 0 Å². The lowest BCUT2D eigenvalue weighted by molar-refractivity contribution is -0.134. The van der Waals surface area contributed by atoms with Gasteiger partial charge in [0.15, 0.2) is 0 Å². The SMILES string of the molecule is CCN(CC)c1ccc(NC(=O)C2(C(=O)NCCC3=CCCCC3)CC2)c(C)c1. The summed E-state index contributed by atoms with van der Waals surface area (Å²) in [7, 11) is 0. The van der Waals surface area contributed by atoms with Crippen molar-refractivity contribution >= 4 is 23.2 Å². The molecule has 1 aromatic rings. The smallest absolute Gasteiger partial charge is 0.240 e. The lowest BCUT2D eigenvalue weighted by atomic mass is 9.97. The summed E-state index contributed by atoms with van der Waals surface area (Å²) in [4.78, 5) is 27.9. The third-order valence-electron chi connectivity index (χ3n) is 6.32. The second-order valence-corrected chi connectivity index (χ2v) is 8.32. The zero-order valence-corrected chi connectivity index (χ0v) is 18.1. The molecular formula is C24H35N3O2. The first-order valence-corrected chi connectivity index (χ1v) is 11.1. The van der Waals surface area contributed by atoms with E-state index in [1.54, 1.807) is 0 Å². The molecule has 0 aromatic heterocycles. The summed E-state index contributed by atoms with van der Waals surface area (Å²) < 4.78 is 0. The minimum Gasteiger partial charge on any atom is -0.372 e. The van der Waals surface area contributed by atoms with Gasteiger partial charge in [-0.25, -0.2) is 0 Å². The van der Waals surface area contributed by atoms with Crippen molar-refractivity contribution in [1.29, 1.82) is 0 Å². The Kier molecular flexibility index (Phi) is 6.99. The third-order valence-corrected chi connectivity index (χ3v) is 6.32. The van der Waals surface area contributed by atoms with Gasteiger partial charge < -0.3 is 15.5 Å². The second kappa shape index (κ2) is 9.47. The van der Waals surface area contributed by atoms with Gasteiger partial charge in [0.25, 0.3) is 0 Å². The quantitative estimate of drug-likeness (QED) is 0.474.